The molecule has 4 rings (SSSR count). The second kappa shape index (κ2) is 11.4. The van der Waals surface area contributed by atoms with E-state index in [1.165, 1.54) is 5.57 Å². The van der Waals surface area contributed by atoms with Crippen molar-refractivity contribution in [2.45, 2.75) is 108 Å². The Morgan fingerprint density at radius 2 is 1.87 bits per heavy atom. The normalized spacial score (nSPS) is 36.0. The highest BCUT2D eigenvalue weighted by Gasteiger charge is 2.72. The number of epoxide rings is 2. The minimum absolute atomic E-state index is 0.0415. The minimum Gasteiger partial charge on any atom is -0.443 e. The predicted octanol–water partition coefficient (Wildman–Crippen LogP) is 3.37. The van der Waals surface area contributed by atoms with Crippen molar-refractivity contribution in [1.29, 1.82) is 0 Å². The smallest absolute Gasteiger partial charge is 0.408 e. The van der Waals surface area contributed by atoms with Crippen LogP contribution in [-0.2, 0) is 23.7 Å². The Morgan fingerprint density at radius 1 is 1.21 bits per heavy atom. The van der Waals surface area contributed by atoms with E-state index in [-0.39, 0.29) is 41.6 Å². The molecule has 1 unspecified atom stereocenters. The molecular weight excluding hydrogens is 486 g/mol. The molecule has 0 bridgehead atoms. The summed E-state index contributed by atoms with van der Waals surface area (Å²) in [5.74, 6) is -0.179. The summed E-state index contributed by atoms with van der Waals surface area (Å²) in [6.07, 6.45) is 5.07. The highest BCUT2D eigenvalue weighted by atomic mass is 16.6. The molecular formula is C29H49N3O6. The van der Waals surface area contributed by atoms with E-state index in [1.807, 2.05) is 25.8 Å². The third-order valence-electron chi connectivity index (χ3n) is 9.28. The number of nitrogens with one attached hydrogen (secondary N) is 1. The number of hydrogen-bond donors (Lipinski definition) is 1. The van der Waals surface area contributed by atoms with E-state index < -0.39 is 23.8 Å². The van der Waals surface area contributed by atoms with Crippen LogP contribution in [0.15, 0.2) is 11.6 Å². The summed E-state index contributed by atoms with van der Waals surface area (Å²) in [5, 5.41) is 2.90. The number of likely N-dealkylation sites (tertiary alicyclic amines) is 1. The van der Waals surface area contributed by atoms with E-state index in [1.54, 1.807) is 7.11 Å². The van der Waals surface area contributed by atoms with Crippen LogP contribution in [0, 0.1) is 11.8 Å². The van der Waals surface area contributed by atoms with Gasteiger partial charge in [0.15, 0.2) is 0 Å². The van der Waals surface area contributed by atoms with Gasteiger partial charge in [0.2, 0.25) is 5.91 Å². The van der Waals surface area contributed by atoms with Gasteiger partial charge in [-0.1, -0.05) is 25.5 Å². The number of carbonyl (C=O) groups excluding carboxylic acids is 2. The van der Waals surface area contributed by atoms with Gasteiger partial charge in [0.25, 0.3) is 0 Å². The van der Waals surface area contributed by atoms with Gasteiger partial charge in [0.05, 0.1) is 18.6 Å². The zero-order valence-electron chi connectivity index (χ0n) is 24.6. The van der Waals surface area contributed by atoms with Crippen LogP contribution in [0.3, 0.4) is 0 Å². The number of amides is 2. The van der Waals surface area contributed by atoms with Crippen molar-refractivity contribution in [2.75, 3.05) is 40.9 Å². The fraction of sp³-hybridized carbons (Fsp3) is 0.862. The Hall–Kier alpha value is -1.68. The lowest BCUT2D eigenvalue weighted by Gasteiger charge is -2.42. The number of alkyl carbamates (subject to hydrolysis) is 1. The third-order valence-corrected chi connectivity index (χ3v) is 9.28. The van der Waals surface area contributed by atoms with Gasteiger partial charge in [-0.05, 0) is 78.9 Å². The zero-order valence-corrected chi connectivity index (χ0v) is 24.6. The molecule has 9 heteroatoms. The first-order valence-corrected chi connectivity index (χ1v) is 14.3. The average molecular weight is 536 g/mol. The van der Waals surface area contributed by atoms with Crippen LogP contribution in [-0.4, -0.2) is 104 Å². The highest BCUT2D eigenvalue weighted by Crippen LogP contribution is 2.59. The van der Waals surface area contributed by atoms with Crippen molar-refractivity contribution in [2.24, 2.45) is 11.8 Å². The average Bonchev–Trinajstić information content (AvgIpc) is 3.78. The van der Waals surface area contributed by atoms with E-state index in [9.17, 15) is 9.59 Å². The molecule has 0 aromatic heterocycles. The van der Waals surface area contributed by atoms with E-state index >= 15 is 0 Å². The van der Waals surface area contributed by atoms with Gasteiger partial charge in [-0.25, -0.2) is 4.79 Å². The molecule has 2 amide bonds. The number of ether oxygens (including phenoxy) is 4. The molecule has 38 heavy (non-hydrogen) atoms. The predicted molar refractivity (Wildman–Crippen MR) is 145 cm³/mol. The Labute approximate surface area is 228 Å². The summed E-state index contributed by atoms with van der Waals surface area (Å²) in [6.45, 7) is 12.8. The summed E-state index contributed by atoms with van der Waals surface area (Å²) < 4.78 is 24.3. The molecule has 9 nitrogen and oxygen atoms in total. The SMILES string of the molecule is COC1[C@H](OC(=O)N[C@@H](C(=O)N(C)C2CCN(C)CC2)C(C)C)CC[C@]2(CO2)[C@H]1[C@@]1(C)O[C@@H]1CC=C(C)C. The van der Waals surface area contributed by atoms with Crippen LogP contribution in [0.2, 0.25) is 0 Å². The van der Waals surface area contributed by atoms with E-state index in [0.717, 1.165) is 38.8 Å². The van der Waals surface area contributed by atoms with Crippen LogP contribution in [0.4, 0.5) is 4.79 Å². The number of allylic oxidation sites excluding steroid dienone is 1. The number of nitrogens with zero attached hydrogens (tertiary/aromatic N) is 2. The second-order valence-corrected chi connectivity index (χ2v) is 12.7. The van der Waals surface area contributed by atoms with E-state index in [2.05, 4.69) is 44.1 Å². The zero-order chi connectivity index (χ0) is 27.8. The number of likely N-dealkylation sites (N-methyl/N-ethyl adjacent to an activating group) is 1. The molecule has 1 aliphatic carbocycles. The van der Waals surface area contributed by atoms with Crippen LogP contribution >= 0.6 is 0 Å². The standard InChI is InChI=1S/C29H49N3O6/c1-18(2)9-10-22-28(5,38-22)25-24(35-8)21(11-14-29(25)17-36-29)37-27(34)30-23(19(3)4)26(33)32(7)20-12-15-31(6)16-13-20/h9,19-25H,10-17H2,1-8H3,(H,30,34)/t21-,22-,23-,24?,25-,28+,29+/m1/s1. The largest absolute Gasteiger partial charge is 0.443 e. The van der Waals surface area contributed by atoms with Crippen molar-refractivity contribution < 1.29 is 28.5 Å². The third kappa shape index (κ3) is 6.06. The van der Waals surface area contributed by atoms with Crippen LogP contribution < -0.4 is 5.32 Å². The number of hydrogen-bond acceptors (Lipinski definition) is 7. The van der Waals surface area contributed by atoms with Crippen molar-refractivity contribution in [1.82, 2.24) is 15.1 Å². The van der Waals surface area contributed by atoms with Gasteiger partial charge >= 0.3 is 6.09 Å². The van der Waals surface area contributed by atoms with E-state index in [4.69, 9.17) is 18.9 Å². The van der Waals surface area contributed by atoms with Crippen molar-refractivity contribution in [3.63, 3.8) is 0 Å². The van der Waals surface area contributed by atoms with Crippen molar-refractivity contribution >= 4 is 12.0 Å². The first-order valence-electron chi connectivity index (χ1n) is 14.3. The molecule has 1 saturated carbocycles. The number of methoxy groups -OCH3 is 1. The molecule has 4 aliphatic rings. The summed E-state index contributed by atoms with van der Waals surface area (Å²) >= 11 is 0. The molecule has 216 valence electrons. The van der Waals surface area contributed by atoms with Gasteiger partial charge in [0, 0.05) is 20.2 Å². The van der Waals surface area contributed by atoms with Gasteiger partial charge in [-0.2, -0.15) is 0 Å². The van der Waals surface area contributed by atoms with Gasteiger partial charge in [-0.15, -0.1) is 0 Å². The lowest BCUT2D eigenvalue weighted by Crippen LogP contribution is -2.57. The van der Waals surface area contributed by atoms with Crippen molar-refractivity contribution in [3.8, 4) is 0 Å². The van der Waals surface area contributed by atoms with E-state index in [0.29, 0.717) is 13.0 Å². The monoisotopic (exact) mass is 535 g/mol. The lowest BCUT2D eigenvalue weighted by atomic mass is 9.68. The Morgan fingerprint density at radius 3 is 2.42 bits per heavy atom. The molecule has 3 aliphatic heterocycles. The minimum atomic E-state index is -0.650. The summed E-state index contributed by atoms with van der Waals surface area (Å²) in [4.78, 5) is 30.7. The molecule has 0 aromatic rings. The fourth-order valence-electron chi connectivity index (χ4n) is 6.66. The second-order valence-electron chi connectivity index (χ2n) is 12.7. The molecule has 3 heterocycles. The lowest BCUT2D eigenvalue weighted by molar-refractivity contribution is -0.136. The molecule has 1 spiro atoms. The number of carbonyl (C=O) groups is 2. The fourth-order valence-corrected chi connectivity index (χ4v) is 6.66. The molecule has 7 atom stereocenters. The van der Waals surface area contributed by atoms with Crippen LogP contribution in [0.1, 0.15) is 66.7 Å². The Bertz CT molecular complexity index is 893. The molecule has 4 fully saturated rings. The van der Waals surface area contributed by atoms with Crippen molar-refractivity contribution in [3.05, 3.63) is 11.6 Å². The summed E-state index contributed by atoms with van der Waals surface area (Å²) in [6, 6.07) is -0.466. The molecule has 0 aromatic carbocycles. The maximum absolute atomic E-state index is 13.4. The molecule has 0 radical (unpaired) electrons. The van der Waals surface area contributed by atoms with Crippen LogP contribution in [0.5, 0.6) is 0 Å². The number of piperidine rings is 1. The quantitative estimate of drug-likeness (QED) is 0.357. The maximum atomic E-state index is 13.4. The molecule has 1 N–H and O–H groups in total. The van der Waals surface area contributed by atoms with Gasteiger partial charge in [-0.3, -0.25) is 4.79 Å². The summed E-state index contributed by atoms with van der Waals surface area (Å²) in [7, 11) is 5.62. The topological polar surface area (TPSA) is 96.2 Å². The summed E-state index contributed by atoms with van der Waals surface area (Å²) in [5.41, 5.74) is 0.592. The maximum Gasteiger partial charge on any atom is 0.408 e. The Kier molecular flexibility index (Phi) is 8.82. The van der Waals surface area contributed by atoms with Gasteiger partial charge in [0.1, 0.15) is 29.5 Å². The molecule has 3 saturated heterocycles. The first-order chi connectivity index (χ1) is 17.9. The first kappa shape index (κ1) is 29.3. The van der Waals surface area contributed by atoms with Gasteiger partial charge < -0.3 is 34.1 Å². The Balaban J connectivity index is 1.40. The number of rotatable bonds is 9. The van der Waals surface area contributed by atoms with Crippen LogP contribution in [0.25, 0.3) is 0 Å². The highest BCUT2D eigenvalue weighted by molar-refractivity contribution is 5.86.